The first-order valence-electron chi connectivity index (χ1n) is 6.73. The summed E-state index contributed by atoms with van der Waals surface area (Å²) in [5.74, 6) is 0.121. The van der Waals surface area contributed by atoms with Crippen molar-refractivity contribution in [2.45, 2.75) is 6.42 Å². The lowest BCUT2D eigenvalue weighted by Crippen LogP contribution is -2.13. The van der Waals surface area contributed by atoms with Crippen LogP contribution in [0.2, 0.25) is 10.0 Å². The monoisotopic (exact) mass is 368 g/mol. The Labute approximate surface area is 147 Å². The second-order valence-corrected chi connectivity index (χ2v) is 6.03. The smallest absolute Gasteiger partial charge is 0.276 e. The highest BCUT2D eigenvalue weighted by Gasteiger charge is 2.13. The Morgan fingerprint density at radius 2 is 2.09 bits per heavy atom. The first kappa shape index (κ1) is 16.1. The van der Waals surface area contributed by atoms with Gasteiger partial charge in [0, 0.05) is 29.4 Å². The summed E-state index contributed by atoms with van der Waals surface area (Å²) < 4.78 is 1.56. The minimum absolute atomic E-state index is 0.242. The number of hydrogen-bond donors (Lipinski definition) is 1. The van der Waals surface area contributed by atoms with Crippen molar-refractivity contribution >= 4 is 52.0 Å². The molecule has 2 heterocycles. The van der Waals surface area contributed by atoms with E-state index in [1.165, 1.54) is 0 Å². The lowest BCUT2D eigenvalue weighted by molar-refractivity contribution is 0.102. The largest absolute Gasteiger partial charge is 0.319 e. The normalized spacial score (nSPS) is 10.9. The molecule has 0 spiro atoms. The van der Waals surface area contributed by atoms with Gasteiger partial charge in [0.05, 0.1) is 10.7 Å². The summed E-state index contributed by atoms with van der Waals surface area (Å²) in [6.07, 6.45) is 4.21. The topological polar surface area (TPSA) is 59.3 Å². The zero-order valence-electron chi connectivity index (χ0n) is 11.8. The van der Waals surface area contributed by atoms with Crippen LogP contribution in [-0.2, 0) is 6.42 Å². The van der Waals surface area contributed by atoms with Gasteiger partial charge in [-0.05, 0) is 30.2 Å². The molecular weight excluding hydrogens is 359 g/mol. The van der Waals surface area contributed by atoms with Gasteiger partial charge < -0.3 is 5.32 Å². The maximum Gasteiger partial charge on any atom is 0.276 e. The van der Waals surface area contributed by atoms with Gasteiger partial charge in [-0.25, -0.2) is 9.50 Å². The van der Waals surface area contributed by atoms with E-state index in [9.17, 15) is 4.79 Å². The summed E-state index contributed by atoms with van der Waals surface area (Å²) in [6.45, 7) is 0. The molecular formula is C15H11Cl3N4O. The van der Waals surface area contributed by atoms with E-state index < -0.39 is 0 Å². The van der Waals surface area contributed by atoms with Gasteiger partial charge in [0.1, 0.15) is 0 Å². The van der Waals surface area contributed by atoms with Crippen molar-refractivity contribution in [2.75, 3.05) is 11.2 Å². The molecule has 0 saturated heterocycles. The number of amides is 1. The fraction of sp³-hybridized carbons (Fsp3) is 0.133. The fourth-order valence-corrected chi connectivity index (χ4v) is 2.72. The Hall–Kier alpha value is -1.82. The van der Waals surface area contributed by atoms with Crippen LogP contribution < -0.4 is 5.32 Å². The number of benzene rings is 1. The average molecular weight is 370 g/mol. The van der Waals surface area contributed by atoms with Crippen LogP contribution in [0.25, 0.3) is 5.65 Å². The van der Waals surface area contributed by atoms with Gasteiger partial charge in [0.25, 0.3) is 5.91 Å². The Bertz CT molecular complexity index is 878. The molecule has 0 saturated carbocycles. The number of nitrogens with zero attached hydrogens (tertiary/aromatic N) is 3. The van der Waals surface area contributed by atoms with Gasteiger partial charge in [-0.2, -0.15) is 5.10 Å². The predicted molar refractivity (Wildman–Crippen MR) is 91.8 cm³/mol. The van der Waals surface area contributed by atoms with Crippen molar-refractivity contribution in [3.8, 4) is 0 Å². The summed E-state index contributed by atoms with van der Waals surface area (Å²) >= 11 is 17.6. The fourth-order valence-electron chi connectivity index (χ4n) is 2.04. The summed E-state index contributed by atoms with van der Waals surface area (Å²) in [7, 11) is 0. The molecule has 0 atom stereocenters. The van der Waals surface area contributed by atoms with Gasteiger partial charge in [0.2, 0.25) is 0 Å². The molecule has 0 aliphatic rings. The minimum Gasteiger partial charge on any atom is -0.319 e. The van der Waals surface area contributed by atoms with E-state index in [4.69, 9.17) is 34.8 Å². The van der Waals surface area contributed by atoms with E-state index in [0.29, 0.717) is 33.7 Å². The molecule has 3 aromatic rings. The van der Waals surface area contributed by atoms with Crippen molar-refractivity contribution < 1.29 is 4.79 Å². The third kappa shape index (κ3) is 3.58. The molecule has 8 heteroatoms. The summed E-state index contributed by atoms with van der Waals surface area (Å²) in [5.41, 5.74) is 2.24. The zero-order chi connectivity index (χ0) is 16.4. The molecule has 118 valence electrons. The lowest BCUT2D eigenvalue weighted by atomic mass is 10.3. The summed E-state index contributed by atoms with van der Waals surface area (Å²) in [5, 5.41) is 7.78. The van der Waals surface area contributed by atoms with Crippen molar-refractivity contribution in [3.63, 3.8) is 0 Å². The molecule has 0 aliphatic heterocycles. The third-order valence-electron chi connectivity index (χ3n) is 3.16. The molecule has 5 nitrogen and oxygen atoms in total. The van der Waals surface area contributed by atoms with Crippen molar-refractivity contribution in [1.82, 2.24) is 14.6 Å². The van der Waals surface area contributed by atoms with Crippen molar-refractivity contribution in [3.05, 3.63) is 58.0 Å². The Balaban J connectivity index is 1.85. The molecule has 2 aromatic heterocycles. The second kappa shape index (κ2) is 6.74. The molecule has 3 rings (SSSR count). The molecule has 23 heavy (non-hydrogen) atoms. The van der Waals surface area contributed by atoms with Gasteiger partial charge in [-0.3, -0.25) is 4.79 Å². The molecule has 0 aliphatic carbocycles. The van der Waals surface area contributed by atoms with Gasteiger partial charge in [0.15, 0.2) is 11.3 Å². The molecule has 1 aromatic carbocycles. The average Bonchev–Trinajstić information content (AvgIpc) is 2.94. The Morgan fingerprint density at radius 1 is 1.26 bits per heavy atom. The SMILES string of the molecule is O=C(Nc1ccc(Cl)cc1Cl)c1cc2ncc(CCCl)cn2n1. The van der Waals surface area contributed by atoms with Crippen LogP contribution in [-0.4, -0.2) is 26.4 Å². The Kier molecular flexibility index (Phi) is 4.71. The van der Waals surface area contributed by atoms with Crippen LogP contribution in [0.3, 0.4) is 0 Å². The van der Waals surface area contributed by atoms with Gasteiger partial charge in [-0.1, -0.05) is 23.2 Å². The van der Waals surface area contributed by atoms with E-state index in [1.54, 1.807) is 41.2 Å². The molecule has 1 amide bonds. The maximum absolute atomic E-state index is 12.3. The number of halogens is 3. The molecule has 1 N–H and O–H groups in total. The standard InChI is InChI=1S/C15H11Cl3N4O/c16-4-3-9-7-19-14-6-13(21-22(14)8-9)15(23)20-12-2-1-10(17)5-11(12)18/h1-2,5-8H,3-4H2,(H,20,23). The number of fused-ring (bicyclic) bond motifs is 1. The number of hydrogen-bond acceptors (Lipinski definition) is 3. The third-order valence-corrected chi connectivity index (χ3v) is 3.90. The first-order chi connectivity index (χ1) is 11.1. The van der Waals surface area contributed by atoms with Crippen LogP contribution in [0.4, 0.5) is 5.69 Å². The summed E-state index contributed by atoms with van der Waals surface area (Å²) in [4.78, 5) is 16.6. The quantitative estimate of drug-likeness (QED) is 0.705. The van der Waals surface area contributed by atoms with Crippen molar-refractivity contribution in [2.24, 2.45) is 0 Å². The van der Waals surface area contributed by atoms with E-state index in [1.807, 2.05) is 0 Å². The van der Waals surface area contributed by atoms with E-state index in [2.05, 4.69) is 15.4 Å². The first-order valence-corrected chi connectivity index (χ1v) is 8.02. The minimum atomic E-state index is -0.376. The van der Waals surface area contributed by atoms with Crippen LogP contribution in [0.5, 0.6) is 0 Å². The van der Waals surface area contributed by atoms with E-state index in [0.717, 1.165) is 5.56 Å². The molecule has 0 bridgehead atoms. The lowest BCUT2D eigenvalue weighted by Gasteiger charge is -2.05. The maximum atomic E-state index is 12.3. The number of rotatable bonds is 4. The van der Waals surface area contributed by atoms with Crippen LogP contribution in [0.15, 0.2) is 36.7 Å². The Morgan fingerprint density at radius 3 is 2.83 bits per heavy atom. The number of alkyl halides is 1. The van der Waals surface area contributed by atoms with Gasteiger partial charge >= 0.3 is 0 Å². The number of carbonyl (C=O) groups excluding carboxylic acids is 1. The molecule has 0 fully saturated rings. The van der Waals surface area contributed by atoms with E-state index >= 15 is 0 Å². The number of aryl methyl sites for hydroxylation is 1. The highest BCUT2D eigenvalue weighted by molar-refractivity contribution is 6.36. The predicted octanol–water partition coefficient (Wildman–Crippen LogP) is 4.07. The summed E-state index contributed by atoms with van der Waals surface area (Å²) in [6, 6.07) is 6.44. The van der Waals surface area contributed by atoms with Crippen LogP contribution >= 0.6 is 34.8 Å². The number of anilines is 1. The van der Waals surface area contributed by atoms with Crippen molar-refractivity contribution in [1.29, 1.82) is 0 Å². The zero-order valence-corrected chi connectivity index (χ0v) is 14.0. The van der Waals surface area contributed by atoms with Crippen LogP contribution in [0.1, 0.15) is 16.1 Å². The van der Waals surface area contributed by atoms with Gasteiger partial charge in [-0.15, -0.1) is 11.6 Å². The number of aromatic nitrogens is 3. The second-order valence-electron chi connectivity index (χ2n) is 4.81. The number of nitrogens with one attached hydrogen (secondary N) is 1. The highest BCUT2D eigenvalue weighted by Crippen LogP contribution is 2.25. The van der Waals surface area contributed by atoms with Crippen LogP contribution in [0, 0.1) is 0 Å². The van der Waals surface area contributed by atoms with E-state index in [-0.39, 0.29) is 11.6 Å². The highest BCUT2D eigenvalue weighted by atomic mass is 35.5. The molecule has 0 unspecified atom stereocenters. The number of carbonyl (C=O) groups is 1. The molecule has 0 radical (unpaired) electrons.